The maximum absolute atomic E-state index is 13.3. The van der Waals surface area contributed by atoms with E-state index in [1.165, 1.54) is 122 Å². The molecule has 520 valence electrons. The Morgan fingerprint density at radius 1 is 0.407 bits per heavy atom. The van der Waals surface area contributed by atoms with Crippen LogP contribution in [-0.4, -0.2) is 140 Å². The van der Waals surface area contributed by atoms with Crippen LogP contribution < -0.4 is 5.32 Å². The van der Waals surface area contributed by atoms with Gasteiger partial charge in [-0.25, -0.2) is 0 Å². The number of carbonyl (C=O) groups excluding carboxylic acids is 1. The predicted octanol–water partition coefficient (Wildman–Crippen LogP) is 15.1. The largest absolute Gasteiger partial charge is 0.394 e. The Morgan fingerprint density at radius 2 is 0.758 bits per heavy atom. The maximum atomic E-state index is 13.3. The molecule has 1 amide bonds. The zero-order valence-corrected chi connectivity index (χ0v) is 56.5. The van der Waals surface area contributed by atoms with Gasteiger partial charge in [-0.2, -0.15) is 0 Å². The van der Waals surface area contributed by atoms with E-state index in [4.69, 9.17) is 18.9 Å². The first kappa shape index (κ1) is 83.2. The number of aliphatic hydroxyl groups is 8. The van der Waals surface area contributed by atoms with Crippen LogP contribution in [0.1, 0.15) is 251 Å². The molecule has 14 heteroatoms. The SMILES string of the molecule is CC/C=C\C/C=C\C/C=C\C/C=C\C/C=C\C/C=C\C/C=C\C/C=C\C/C=C\C/C=C\CCCCC(=O)NC(COC1OC(CO)C(OC2OC(CO)C(O)C(O)C2O)C(O)C1O)C(O)/C=C/CCCCCCCCCCCCCCCCCCCCCCCC. The quantitative estimate of drug-likeness (QED) is 0.0204. The highest BCUT2D eigenvalue weighted by atomic mass is 16.7. The molecule has 0 saturated carbocycles. The number of unbranched alkanes of at least 4 members (excludes halogenated alkanes) is 24. The monoisotopic (exact) mass is 1280 g/mol. The lowest BCUT2D eigenvalue weighted by Crippen LogP contribution is -2.65. The van der Waals surface area contributed by atoms with E-state index >= 15 is 0 Å². The maximum Gasteiger partial charge on any atom is 0.220 e. The van der Waals surface area contributed by atoms with Gasteiger partial charge in [0.15, 0.2) is 12.6 Å². The first-order chi connectivity index (χ1) is 44.6. The number of allylic oxidation sites excluding steroid dienone is 21. The first-order valence-electron chi connectivity index (χ1n) is 35.9. The van der Waals surface area contributed by atoms with Crippen LogP contribution in [0.5, 0.6) is 0 Å². The second-order valence-corrected chi connectivity index (χ2v) is 24.6. The molecule has 2 rings (SSSR count). The van der Waals surface area contributed by atoms with Crippen molar-refractivity contribution in [2.45, 2.75) is 325 Å². The van der Waals surface area contributed by atoms with Gasteiger partial charge in [-0.15, -0.1) is 0 Å². The number of rotatable bonds is 57. The molecule has 0 bridgehead atoms. The molecule has 2 heterocycles. The van der Waals surface area contributed by atoms with Crippen molar-refractivity contribution in [2.24, 2.45) is 0 Å². The summed E-state index contributed by atoms with van der Waals surface area (Å²) in [6.45, 7) is 2.67. The van der Waals surface area contributed by atoms with Crippen molar-refractivity contribution in [3.05, 3.63) is 134 Å². The zero-order chi connectivity index (χ0) is 65.9. The third-order valence-corrected chi connectivity index (χ3v) is 16.6. The first-order valence-corrected chi connectivity index (χ1v) is 35.9. The van der Waals surface area contributed by atoms with Crippen molar-refractivity contribution >= 4 is 5.91 Å². The number of hydrogen-bond donors (Lipinski definition) is 9. The molecular formula is C77H129NO13. The van der Waals surface area contributed by atoms with Crippen LogP contribution in [0.15, 0.2) is 134 Å². The molecule has 2 aliphatic rings. The molecule has 0 radical (unpaired) electrons. The van der Waals surface area contributed by atoms with Crippen LogP contribution in [0, 0.1) is 0 Å². The summed E-state index contributed by atoms with van der Waals surface area (Å²) in [5.74, 6) is -0.285. The van der Waals surface area contributed by atoms with Gasteiger partial charge >= 0.3 is 0 Å². The molecule has 0 spiro atoms. The van der Waals surface area contributed by atoms with Gasteiger partial charge in [0.1, 0.15) is 48.8 Å². The van der Waals surface area contributed by atoms with Crippen molar-refractivity contribution in [1.29, 1.82) is 0 Å². The van der Waals surface area contributed by atoms with Gasteiger partial charge in [-0.1, -0.05) is 282 Å². The Hall–Kier alpha value is -3.87. The number of carbonyl (C=O) groups is 1. The third kappa shape index (κ3) is 43.7. The van der Waals surface area contributed by atoms with E-state index in [0.717, 1.165) is 103 Å². The van der Waals surface area contributed by atoms with Crippen molar-refractivity contribution in [3.63, 3.8) is 0 Å². The summed E-state index contributed by atoms with van der Waals surface area (Å²) in [5, 5.41) is 87.4. The van der Waals surface area contributed by atoms with Crippen LogP contribution >= 0.6 is 0 Å². The Balaban J connectivity index is 1.72. The summed E-state index contributed by atoms with van der Waals surface area (Å²) in [7, 11) is 0. The highest BCUT2D eigenvalue weighted by molar-refractivity contribution is 5.76. The summed E-state index contributed by atoms with van der Waals surface area (Å²) in [4.78, 5) is 13.3. The van der Waals surface area contributed by atoms with E-state index in [0.29, 0.717) is 6.42 Å². The van der Waals surface area contributed by atoms with Crippen molar-refractivity contribution in [3.8, 4) is 0 Å². The molecule has 2 fully saturated rings. The lowest BCUT2D eigenvalue weighted by atomic mass is 9.97. The fourth-order valence-electron chi connectivity index (χ4n) is 10.9. The molecule has 0 aromatic carbocycles. The van der Waals surface area contributed by atoms with Gasteiger partial charge in [0, 0.05) is 6.42 Å². The fraction of sp³-hybridized carbons (Fsp3) is 0.701. The lowest BCUT2D eigenvalue weighted by molar-refractivity contribution is -0.359. The predicted molar refractivity (Wildman–Crippen MR) is 373 cm³/mol. The van der Waals surface area contributed by atoms with Crippen LogP contribution in [0.4, 0.5) is 0 Å². The number of ether oxygens (including phenoxy) is 4. The average Bonchev–Trinajstić information content (AvgIpc) is 1.28. The third-order valence-electron chi connectivity index (χ3n) is 16.6. The number of hydrogen-bond acceptors (Lipinski definition) is 13. The van der Waals surface area contributed by atoms with Gasteiger partial charge in [-0.3, -0.25) is 4.79 Å². The minimum absolute atomic E-state index is 0.217. The molecule has 2 saturated heterocycles. The van der Waals surface area contributed by atoms with Crippen molar-refractivity contribution in [2.75, 3.05) is 19.8 Å². The highest BCUT2D eigenvalue weighted by Crippen LogP contribution is 2.30. The van der Waals surface area contributed by atoms with E-state index in [2.05, 4.69) is 141 Å². The molecule has 91 heavy (non-hydrogen) atoms. The molecule has 2 aliphatic heterocycles. The van der Waals surface area contributed by atoms with E-state index < -0.39 is 86.8 Å². The minimum atomic E-state index is -1.80. The molecule has 12 unspecified atom stereocenters. The second-order valence-electron chi connectivity index (χ2n) is 24.6. The summed E-state index contributed by atoms with van der Waals surface area (Å²) >= 11 is 0. The van der Waals surface area contributed by atoms with E-state index in [1.54, 1.807) is 6.08 Å². The topological polar surface area (TPSA) is 228 Å². The highest BCUT2D eigenvalue weighted by Gasteiger charge is 2.51. The molecule has 0 aliphatic carbocycles. The van der Waals surface area contributed by atoms with E-state index in [1.807, 2.05) is 6.08 Å². The summed E-state index contributed by atoms with van der Waals surface area (Å²) in [5.41, 5.74) is 0. The Labute approximate surface area is 551 Å². The summed E-state index contributed by atoms with van der Waals surface area (Å²) in [6.07, 6.45) is 72.1. The minimum Gasteiger partial charge on any atom is -0.394 e. The van der Waals surface area contributed by atoms with Crippen LogP contribution in [0.25, 0.3) is 0 Å². The number of aliphatic hydroxyl groups excluding tert-OH is 8. The Bertz CT molecular complexity index is 2040. The molecule has 12 atom stereocenters. The smallest absolute Gasteiger partial charge is 0.220 e. The average molecular weight is 1280 g/mol. The fourth-order valence-corrected chi connectivity index (χ4v) is 10.9. The van der Waals surface area contributed by atoms with Crippen molar-refractivity contribution < 1.29 is 64.6 Å². The Morgan fingerprint density at radius 3 is 1.16 bits per heavy atom. The van der Waals surface area contributed by atoms with Crippen LogP contribution in [0.3, 0.4) is 0 Å². The number of nitrogens with one attached hydrogen (secondary N) is 1. The van der Waals surface area contributed by atoms with E-state index in [-0.39, 0.29) is 18.9 Å². The van der Waals surface area contributed by atoms with Crippen LogP contribution in [0.2, 0.25) is 0 Å². The van der Waals surface area contributed by atoms with Gasteiger partial charge in [0.2, 0.25) is 5.91 Å². The normalized spacial score (nSPS) is 23.6. The standard InChI is InChI=1S/C77H129NO13/c1-3-5-7-9-11-13-15-17-19-21-23-25-27-29-30-31-32-33-34-35-36-37-39-41-43-45-47-49-51-53-55-57-59-61-69(82)78-65(64-88-76-74(87)72(85)75(68(63-80)90-76)91-77-73(86)71(84)70(83)67(62-79)89-77)66(81)60-58-56-54-52-50-48-46-44-42-40-38-28-26-24-22-20-18-16-14-12-10-8-6-4-2/h5,7,11,13,17,19,23,25,29-30,32-33,35-36,39,41,45,47,51,53,58,60,65-68,70-77,79-81,83-87H,3-4,6,8-10,12,14-16,18,20-22,24,26-28,31,34,37-38,40,42-44,46,48-50,52,54-57,59,61-64H2,1-2H3,(H,78,82)/b7-5-,13-11-,19-17-,25-23-,30-29-,33-32-,36-35-,41-39-,47-45-,53-51-,60-58+. The van der Waals surface area contributed by atoms with E-state index in [9.17, 15) is 45.6 Å². The molecule has 0 aromatic rings. The number of amides is 1. The summed E-state index contributed by atoms with van der Waals surface area (Å²) in [6, 6.07) is -0.950. The molecule has 9 N–H and O–H groups in total. The van der Waals surface area contributed by atoms with Gasteiger partial charge in [0.05, 0.1) is 32.0 Å². The Kier molecular flexibility index (Phi) is 54.7. The van der Waals surface area contributed by atoms with Crippen LogP contribution in [-0.2, 0) is 23.7 Å². The molecular weight excluding hydrogens is 1150 g/mol. The van der Waals surface area contributed by atoms with Gasteiger partial charge < -0.3 is 65.1 Å². The summed E-state index contributed by atoms with van der Waals surface area (Å²) < 4.78 is 22.8. The second kappa shape index (κ2) is 59.8. The van der Waals surface area contributed by atoms with Gasteiger partial charge in [-0.05, 0) is 96.3 Å². The van der Waals surface area contributed by atoms with Crippen molar-refractivity contribution in [1.82, 2.24) is 5.32 Å². The van der Waals surface area contributed by atoms with Gasteiger partial charge in [0.25, 0.3) is 0 Å². The zero-order valence-electron chi connectivity index (χ0n) is 56.5. The molecule has 14 nitrogen and oxygen atoms in total. The lowest BCUT2D eigenvalue weighted by Gasteiger charge is -2.46. The molecule has 0 aromatic heterocycles.